The van der Waals surface area contributed by atoms with Gasteiger partial charge in [-0.05, 0) is 76.3 Å². The summed E-state index contributed by atoms with van der Waals surface area (Å²) in [5, 5.41) is 3.19. The largest absolute Gasteiger partial charge is 0.355 e. The molecule has 3 saturated heterocycles. The first-order valence-electron chi connectivity index (χ1n) is 13.0. The number of amides is 2. The number of hydrogen-bond acceptors (Lipinski definition) is 4. The Bertz CT molecular complexity index is 775. The maximum atomic E-state index is 12.6. The molecule has 1 N–H and O–H groups in total. The molecule has 3 aliphatic heterocycles. The van der Waals surface area contributed by atoms with Crippen LogP contribution in [0.25, 0.3) is 6.08 Å². The third kappa shape index (κ3) is 7.15. The molecule has 6 heteroatoms. The fourth-order valence-electron chi connectivity index (χ4n) is 5.48. The second-order valence-corrected chi connectivity index (χ2v) is 9.80. The molecule has 4 rings (SSSR count). The molecule has 2 amide bonds. The van der Waals surface area contributed by atoms with Crippen LogP contribution in [0.1, 0.15) is 50.5 Å². The zero-order chi connectivity index (χ0) is 22.9. The van der Waals surface area contributed by atoms with Crippen LogP contribution < -0.4 is 5.32 Å². The summed E-state index contributed by atoms with van der Waals surface area (Å²) in [6.07, 6.45) is 11.5. The van der Waals surface area contributed by atoms with Crippen molar-refractivity contribution < 1.29 is 9.59 Å². The minimum absolute atomic E-state index is 0.109. The summed E-state index contributed by atoms with van der Waals surface area (Å²) >= 11 is 0. The molecule has 33 heavy (non-hydrogen) atoms. The lowest BCUT2D eigenvalue weighted by Gasteiger charge is -2.41. The highest BCUT2D eigenvalue weighted by Gasteiger charge is 2.31. The van der Waals surface area contributed by atoms with Crippen molar-refractivity contribution in [2.45, 2.75) is 51.0 Å². The molecule has 3 heterocycles. The van der Waals surface area contributed by atoms with E-state index in [0.717, 1.165) is 70.5 Å². The lowest BCUT2D eigenvalue weighted by Crippen LogP contribution is -2.50. The van der Waals surface area contributed by atoms with Gasteiger partial charge in [-0.1, -0.05) is 36.8 Å². The number of rotatable bonds is 7. The van der Waals surface area contributed by atoms with Gasteiger partial charge in [-0.15, -0.1) is 0 Å². The molecule has 0 spiro atoms. The summed E-state index contributed by atoms with van der Waals surface area (Å²) in [5.74, 6) is 0.516. The van der Waals surface area contributed by atoms with Crippen LogP contribution in [0.3, 0.4) is 0 Å². The Labute approximate surface area is 199 Å². The van der Waals surface area contributed by atoms with E-state index in [2.05, 4.69) is 15.1 Å². The molecule has 1 aromatic carbocycles. The molecule has 3 fully saturated rings. The first-order chi connectivity index (χ1) is 16.2. The van der Waals surface area contributed by atoms with Gasteiger partial charge >= 0.3 is 0 Å². The van der Waals surface area contributed by atoms with E-state index in [-0.39, 0.29) is 17.7 Å². The average Bonchev–Trinajstić information content (AvgIpc) is 2.88. The minimum Gasteiger partial charge on any atom is -0.355 e. The average molecular weight is 453 g/mol. The van der Waals surface area contributed by atoms with Crippen LogP contribution in [0.15, 0.2) is 36.4 Å². The molecule has 0 bridgehead atoms. The quantitative estimate of drug-likeness (QED) is 0.646. The molecule has 6 nitrogen and oxygen atoms in total. The number of benzene rings is 1. The predicted octanol–water partition coefficient (Wildman–Crippen LogP) is 3.00. The van der Waals surface area contributed by atoms with Gasteiger partial charge in [0.05, 0.1) is 0 Å². The van der Waals surface area contributed by atoms with Gasteiger partial charge in [0.15, 0.2) is 0 Å². The van der Waals surface area contributed by atoms with Crippen LogP contribution in [-0.4, -0.2) is 84.9 Å². The van der Waals surface area contributed by atoms with E-state index in [9.17, 15) is 9.59 Å². The number of piperidine rings is 3. The third-order valence-corrected chi connectivity index (χ3v) is 7.59. The lowest BCUT2D eigenvalue weighted by molar-refractivity contribution is -0.129. The molecule has 0 aliphatic carbocycles. The standard InChI is InChI=1S/C27H40N4O2/c32-26(10-9-23-7-3-1-4-8-23)31-20-13-25(14-21-31)30-18-11-24(12-19-30)27(33)28-15-22-29-16-5-2-6-17-29/h1,3-4,7-10,24-25H,2,5-6,11-22H2,(H,28,33)/b10-9+. The number of carbonyl (C=O) groups is 2. The van der Waals surface area contributed by atoms with Crippen LogP contribution >= 0.6 is 0 Å². The Morgan fingerprint density at radius 2 is 1.58 bits per heavy atom. The van der Waals surface area contributed by atoms with Gasteiger partial charge in [-0.25, -0.2) is 0 Å². The molecular formula is C27H40N4O2. The SMILES string of the molecule is O=C(NCCN1CCCCC1)C1CCN(C2CCN(C(=O)/C=C/c3ccccc3)CC2)CC1. The topological polar surface area (TPSA) is 55.9 Å². The molecule has 0 unspecified atom stereocenters. The van der Waals surface area contributed by atoms with Gasteiger partial charge in [0.2, 0.25) is 11.8 Å². The van der Waals surface area contributed by atoms with E-state index < -0.39 is 0 Å². The van der Waals surface area contributed by atoms with Crippen molar-refractivity contribution in [3.8, 4) is 0 Å². The fourth-order valence-corrected chi connectivity index (χ4v) is 5.48. The summed E-state index contributed by atoms with van der Waals surface area (Å²) in [7, 11) is 0. The molecule has 0 radical (unpaired) electrons. The molecule has 1 aromatic rings. The van der Waals surface area contributed by atoms with Crippen molar-refractivity contribution in [2.75, 3.05) is 52.4 Å². The zero-order valence-corrected chi connectivity index (χ0v) is 20.0. The first-order valence-corrected chi connectivity index (χ1v) is 13.0. The number of nitrogens with zero attached hydrogens (tertiary/aromatic N) is 3. The van der Waals surface area contributed by atoms with E-state index in [1.54, 1.807) is 6.08 Å². The minimum atomic E-state index is 0.109. The summed E-state index contributed by atoms with van der Waals surface area (Å²) in [4.78, 5) is 32.1. The normalized spacial score (nSPS) is 22.0. The highest BCUT2D eigenvalue weighted by molar-refractivity contribution is 5.91. The highest BCUT2D eigenvalue weighted by Crippen LogP contribution is 2.24. The molecule has 0 aromatic heterocycles. The summed E-state index contributed by atoms with van der Waals surface area (Å²) < 4.78 is 0. The number of likely N-dealkylation sites (tertiary alicyclic amines) is 3. The van der Waals surface area contributed by atoms with Crippen LogP contribution in [0.2, 0.25) is 0 Å². The Hall–Kier alpha value is -2.18. The van der Waals surface area contributed by atoms with Gasteiger partial charge in [-0.2, -0.15) is 0 Å². The van der Waals surface area contributed by atoms with Crippen LogP contribution in [-0.2, 0) is 9.59 Å². The highest BCUT2D eigenvalue weighted by atomic mass is 16.2. The molecular weight excluding hydrogens is 412 g/mol. The second-order valence-electron chi connectivity index (χ2n) is 9.80. The third-order valence-electron chi connectivity index (χ3n) is 7.59. The fraction of sp³-hybridized carbons (Fsp3) is 0.630. The molecule has 0 atom stereocenters. The Morgan fingerprint density at radius 3 is 2.27 bits per heavy atom. The Kier molecular flexibility index (Phi) is 8.95. The van der Waals surface area contributed by atoms with Crippen LogP contribution in [0.5, 0.6) is 0 Å². The number of hydrogen-bond donors (Lipinski definition) is 1. The van der Waals surface area contributed by atoms with Crippen molar-refractivity contribution in [2.24, 2.45) is 5.92 Å². The van der Waals surface area contributed by atoms with Gasteiger partial charge in [-0.3, -0.25) is 9.59 Å². The monoisotopic (exact) mass is 452 g/mol. The van der Waals surface area contributed by atoms with Crippen molar-refractivity contribution in [3.05, 3.63) is 42.0 Å². The second kappa shape index (κ2) is 12.3. The van der Waals surface area contributed by atoms with E-state index in [0.29, 0.717) is 6.04 Å². The maximum absolute atomic E-state index is 12.6. The van der Waals surface area contributed by atoms with E-state index in [1.165, 1.54) is 32.4 Å². The van der Waals surface area contributed by atoms with E-state index >= 15 is 0 Å². The van der Waals surface area contributed by atoms with Crippen molar-refractivity contribution in [3.63, 3.8) is 0 Å². The van der Waals surface area contributed by atoms with Crippen molar-refractivity contribution >= 4 is 17.9 Å². The summed E-state index contributed by atoms with van der Waals surface area (Å²) in [6, 6.07) is 10.5. The predicted molar refractivity (Wildman–Crippen MR) is 133 cm³/mol. The van der Waals surface area contributed by atoms with Crippen molar-refractivity contribution in [1.82, 2.24) is 20.0 Å². The molecule has 0 saturated carbocycles. The van der Waals surface area contributed by atoms with Crippen LogP contribution in [0.4, 0.5) is 0 Å². The number of carbonyl (C=O) groups excluding carboxylic acids is 2. The van der Waals surface area contributed by atoms with Crippen LogP contribution in [0, 0.1) is 5.92 Å². The smallest absolute Gasteiger partial charge is 0.246 e. The van der Waals surface area contributed by atoms with Gasteiger partial charge in [0, 0.05) is 44.2 Å². The lowest BCUT2D eigenvalue weighted by atomic mass is 9.92. The molecule has 180 valence electrons. The Balaban J connectivity index is 1.12. The number of nitrogens with one attached hydrogen (secondary N) is 1. The Morgan fingerprint density at radius 1 is 0.879 bits per heavy atom. The molecule has 3 aliphatic rings. The van der Waals surface area contributed by atoms with Gasteiger partial charge in [0.1, 0.15) is 0 Å². The van der Waals surface area contributed by atoms with Gasteiger partial charge in [0.25, 0.3) is 0 Å². The zero-order valence-electron chi connectivity index (χ0n) is 20.0. The van der Waals surface area contributed by atoms with Gasteiger partial charge < -0.3 is 20.0 Å². The summed E-state index contributed by atoms with van der Waals surface area (Å²) in [5.41, 5.74) is 1.05. The van der Waals surface area contributed by atoms with E-state index in [1.807, 2.05) is 41.3 Å². The summed E-state index contributed by atoms with van der Waals surface area (Å²) in [6.45, 7) is 7.77. The first kappa shape index (κ1) is 24.0. The maximum Gasteiger partial charge on any atom is 0.246 e. The van der Waals surface area contributed by atoms with Crippen molar-refractivity contribution in [1.29, 1.82) is 0 Å². The van der Waals surface area contributed by atoms with E-state index in [4.69, 9.17) is 0 Å².